The van der Waals surface area contributed by atoms with E-state index in [2.05, 4.69) is 5.32 Å². The summed E-state index contributed by atoms with van der Waals surface area (Å²) < 4.78 is 9.86. The van der Waals surface area contributed by atoms with E-state index < -0.39 is 23.4 Å². The summed E-state index contributed by atoms with van der Waals surface area (Å²) in [6.45, 7) is -0.577. The van der Waals surface area contributed by atoms with Crippen molar-refractivity contribution in [2.45, 2.75) is 0 Å². The molecule has 0 aromatic heterocycles. The summed E-state index contributed by atoms with van der Waals surface area (Å²) >= 11 is 0. The van der Waals surface area contributed by atoms with Crippen LogP contribution in [0.2, 0.25) is 0 Å². The van der Waals surface area contributed by atoms with Gasteiger partial charge in [0.2, 0.25) is 0 Å². The van der Waals surface area contributed by atoms with Crippen molar-refractivity contribution < 1.29 is 24.0 Å². The fraction of sp³-hybridized carbons (Fsp3) is 0.118. The third kappa shape index (κ3) is 4.55. The Morgan fingerprint density at radius 1 is 1.23 bits per heavy atom. The Balaban J connectivity index is 1.97. The summed E-state index contributed by atoms with van der Waals surface area (Å²) in [7, 11) is 1.49. The van der Waals surface area contributed by atoms with Crippen LogP contribution < -0.4 is 10.1 Å². The first-order valence-corrected chi connectivity index (χ1v) is 7.24. The van der Waals surface area contributed by atoms with Crippen LogP contribution in [-0.4, -0.2) is 30.5 Å². The molecule has 0 saturated carbocycles. The van der Waals surface area contributed by atoms with Crippen LogP contribution >= 0.6 is 0 Å². The number of hydrogen-bond donors (Lipinski definition) is 1. The van der Waals surface area contributed by atoms with Gasteiger partial charge in [-0.2, -0.15) is 5.26 Å². The molecule has 9 nitrogen and oxygen atoms in total. The van der Waals surface area contributed by atoms with Crippen molar-refractivity contribution in [3.05, 3.63) is 63.7 Å². The monoisotopic (exact) mass is 355 g/mol. The van der Waals surface area contributed by atoms with Crippen molar-refractivity contribution in [2.75, 3.05) is 19.0 Å². The molecule has 9 heteroatoms. The average Bonchev–Trinajstić information content (AvgIpc) is 2.66. The van der Waals surface area contributed by atoms with E-state index in [-0.39, 0.29) is 22.5 Å². The lowest BCUT2D eigenvalue weighted by molar-refractivity contribution is -0.384. The van der Waals surface area contributed by atoms with Crippen LogP contribution in [0.15, 0.2) is 42.5 Å². The lowest BCUT2D eigenvalue weighted by atomic mass is 10.1. The van der Waals surface area contributed by atoms with Gasteiger partial charge in [-0.3, -0.25) is 14.9 Å². The Hall–Kier alpha value is -3.93. The molecule has 132 valence electrons. The number of carbonyl (C=O) groups is 2. The molecule has 1 amide bonds. The lowest BCUT2D eigenvalue weighted by Gasteiger charge is -2.08. The molecule has 0 spiro atoms. The minimum atomic E-state index is -0.702. The van der Waals surface area contributed by atoms with Crippen molar-refractivity contribution in [3.63, 3.8) is 0 Å². The number of methoxy groups -OCH3 is 1. The Labute approximate surface area is 147 Å². The fourth-order valence-electron chi connectivity index (χ4n) is 1.98. The van der Waals surface area contributed by atoms with Crippen LogP contribution in [0.25, 0.3) is 0 Å². The standard InChI is InChI=1S/C17H13N3O6/c1-25-14-5-2-11(3-6-14)17(22)26-10-16(21)19-15-7-4-13(20(23)24)8-12(15)9-18/h2-8H,10H2,1H3,(H,19,21). The second-order valence-electron chi connectivity index (χ2n) is 4.95. The number of nitriles is 1. The van der Waals surface area contributed by atoms with Crippen molar-refractivity contribution in [1.82, 2.24) is 0 Å². The first-order valence-electron chi connectivity index (χ1n) is 7.24. The van der Waals surface area contributed by atoms with E-state index in [1.165, 1.54) is 25.3 Å². The summed E-state index contributed by atoms with van der Waals surface area (Å²) in [5.41, 5.74) is -0.0187. The van der Waals surface area contributed by atoms with Crippen LogP contribution in [0.3, 0.4) is 0 Å². The zero-order chi connectivity index (χ0) is 19.1. The number of ether oxygens (including phenoxy) is 2. The van der Waals surface area contributed by atoms with Crippen LogP contribution in [0, 0.1) is 21.4 Å². The van der Waals surface area contributed by atoms with E-state index in [1.807, 2.05) is 0 Å². The number of nitrogens with one attached hydrogen (secondary N) is 1. The molecule has 0 fully saturated rings. The van der Waals surface area contributed by atoms with Gasteiger partial charge in [0.25, 0.3) is 11.6 Å². The second-order valence-corrected chi connectivity index (χ2v) is 4.95. The lowest BCUT2D eigenvalue weighted by Crippen LogP contribution is -2.21. The van der Waals surface area contributed by atoms with Crippen LogP contribution in [-0.2, 0) is 9.53 Å². The third-order valence-electron chi connectivity index (χ3n) is 3.27. The average molecular weight is 355 g/mol. The Bertz CT molecular complexity index is 886. The molecular weight excluding hydrogens is 342 g/mol. The van der Waals surface area contributed by atoms with Gasteiger partial charge in [0.1, 0.15) is 11.8 Å². The van der Waals surface area contributed by atoms with Crippen LogP contribution in [0.4, 0.5) is 11.4 Å². The van der Waals surface area contributed by atoms with Gasteiger partial charge in [-0.1, -0.05) is 0 Å². The Kier molecular flexibility index (Phi) is 5.84. The summed E-state index contributed by atoms with van der Waals surface area (Å²) in [5, 5.41) is 22.1. The second kappa shape index (κ2) is 8.25. The largest absolute Gasteiger partial charge is 0.497 e. The number of nitro groups is 1. The Morgan fingerprint density at radius 2 is 1.92 bits per heavy atom. The van der Waals surface area contributed by atoms with E-state index in [1.54, 1.807) is 18.2 Å². The maximum atomic E-state index is 11.9. The topological polar surface area (TPSA) is 132 Å². The highest BCUT2D eigenvalue weighted by Crippen LogP contribution is 2.21. The number of amides is 1. The van der Waals surface area contributed by atoms with Gasteiger partial charge < -0.3 is 14.8 Å². The number of anilines is 1. The number of rotatable bonds is 6. The van der Waals surface area contributed by atoms with Gasteiger partial charge in [-0.25, -0.2) is 4.79 Å². The predicted molar refractivity (Wildman–Crippen MR) is 89.7 cm³/mol. The van der Waals surface area contributed by atoms with E-state index >= 15 is 0 Å². The molecule has 26 heavy (non-hydrogen) atoms. The number of carbonyl (C=O) groups excluding carboxylic acids is 2. The van der Waals surface area contributed by atoms with Crippen molar-refractivity contribution in [2.24, 2.45) is 0 Å². The highest BCUT2D eigenvalue weighted by molar-refractivity contribution is 5.96. The molecule has 1 N–H and O–H groups in total. The maximum Gasteiger partial charge on any atom is 0.338 e. The van der Waals surface area contributed by atoms with Gasteiger partial charge in [-0.15, -0.1) is 0 Å². The fourth-order valence-corrected chi connectivity index (χ4v) is 1.98. The van der Waals surface area contributed by atoms with Crippen LogP contribution in [0.1, 0.15) is 15.9 Å². The van der Waals surface area contributed by atoms with Crippen molar-refractivity contribution in [1.29, 1.82) is 5.26 Å². The zero-order valence-electron chi connectivity index (χ0n) is 13.6. The Morgan fingerprint density at radius 3 is 2.50 bits per heavy atom. The van der Waals surface area contributed by atoms with Gasteiger partial charge in [0, 0.05) is 12.1 Å². The van der Waals surface area contributed by atoms with E-state index in [4.69, 9.17) is 14.7 Å². The number of benzene rings is 2. The zero-order valence-corrected chi connectivity index (χ0v) is 13.6. The molecule has 2 aromatic carbocycles. The molecule has 0 saturated heterocycles. The first kappa shape index (κ1) is 18.4. The van der Waals surface area contributed by atoms with Gasteiger partial charge in [-0.05, 0) is 30.3 Å². The molecule has 0 heterocycles. The smallest absolute Gasteiger partial charge is 0.338 e. The number of esters is 1. The highest BCUT2D eigenvalue weighted by atomic mass is 16.6. The van der Waals surface area contributed by atoms with Crippen molar-refractivity contribution >= 4 is 23.3 Å². The van der Waals surface area contributed by atoms with Gasteiger partial charge in [0.15, 0.2) is 6.61 Å². The number of nitro benzene ring substituents is 1. The van der Waals surface area contributed by atoms with Crippen molar-refractivity contribution in [3.8, 4) is 11.8 Å². The van der Waals surface area contributed by atoms with Gasteiger partial charge >= 0.3 is 5.97 Å². The maximum absolute atomic E-state index is 11.9. The van der Waals surface area contributed by atoms with Crippen LogP contribution in [0.5, 0.6) is 5.75 Å². The van der Waals surface area contributed by atoms with Gasteiger partial charge in [0.05, 0.1) is 28.8 Å². The predicted octanol–water partition coefficient (Wildman–Crippen LogP) is 2.27. The molecule has 2 aromatic rings. The first-order chi connectivity index (χ1) is 12.4. The molecule has 0 unspecified atom stereocenters. The minimum absolute atomic E-state index is 0.0750. The SMILES string of the molecule is COc1ccc(C(=O)OCC(=O)Nc2ccc([N+](=O)[O-])cc2C#N)cc1. The summed E-state index contributed by atoms with van der Waals surface area (Å²) in [4.78, 5) is 33.8. The molecule has 2 rings (SSSR count). The summed E-state index contributed by atoms with van der Waals surface area (Å²) in [6.07, 6.45) is 0. The van der Waals surface area contributed by atoms with E-state index in [9.17, 15) is 19.7 Å². The van der Waals surface area contributed by atoms with E-state index in [0.717, 1.165) is 12.1 Å². The third-order valence-corrected chi connectivity index (χ3v) is 3.27. The molecule has 0 bridgehead atoms. The quantitative estimate of drug-likeness (QED) is 0.477. The molecule has 0 aliphatic heterocycles. The van der Waals surface area contributed by atoms with E-state index in [0.29, 0.717) is 5.75 Å². The number of non-ortho nitro benzene ring substituents is 1. The summed E-state index contributed by atoms with van der Waals surface area (Å²) in [5.74, 6) is -0.814. The number of nitrogens with zero attached hydrogens (tertiary/aromatic N) is 2. The molecule has 0 radical (unpaired) electrons. The normalized spacial score (nSPS) is 9.69. The number of hydrogen-bond acceptors (Lipinski definition) is 7. The molecular formula is C17H13N3O6. The summed E-state index contributed by atoms with van der Waals surface area (Å²) in [6, 6.07) is 11.3. The highest BCUT2D eigenvalue weighted by Gasteiger charge is 2.14. The minimum Gasteiger partial charge on any atom is -0.497 e. The molecule has 0 aliphatic rings. The molecule has 0 aliphatic carbocycles. The molecule has 0 atom stereocenters.